The second kappa shape index (κ2) is 7.43. The zero-order valence-corrected chi connectivity index (χ0v) is 15.6. The molecule has 7 nitrogen and oxygen atoms in total. The Balaban J connectivity index is 1.62. The number of carbonyl (C=O) groups excluding carboxylic acids is 1. The molecule has 138 valence electrons. The molecule has 1 saturated heterocycles. The molecule has 8 heteroatoms. The van der Waals surface area contributed by atoms with Crippen molar-refractivity contribution in [1.29, 1.82) is 0 Å². The van der Waals surface area contributed by atoms with Crippen LogP contribution in [0.15, 0.2) is 45.8 Å². The monoisotopic (exact) mass is 375 g/mol. The summed E-state index contributed by atoms with van der Waals surface area (Å²) in [6.45, 7) is 4.88. The Hall–Kier alpha value is -2.45. The minimum atomic E-state index is -3.51. The summed E-state index contributed by atoms with van der Waals surface area (Å²) in [5.41, 5.74) is 1.52. The third-order valence-corrected chi connectivity index (χ3v) is 6.33. The highest BCUT2D eigenvalue weighted by molar-refractivity contribution is 7.89. The molecule has 2 heterocycles. The molecule has 1 aromatic heterocycles. The second-order valence-electron chi connectivity index (χ2n) is 6.11. The summed E-state index contributed by atoms with van der Waals surface area (Å²) in [5, 5.41) is 3.85. The van der Waals surface area contributed by atoms with Crippen LogP contribution in [-0.2, 0) is 14.8 Å². The van der Waals surface area contributed by atoms with Gasteiger partial charge in [-0.3, -0.25) is 4.79 Å². The number of hydrogen-bond donors (Lipinski definition) is 0. The second-order valence-corrected chi connectivity index (χ2v) is 8.05. The quantitative estimate of drug-likeness (QED) is 0.762. The predicted octanol–water partition coefficient (Wildman–Crippen LogP) is 1.84. The SMILES string of the molecule is Cc1noc(C)c1C=CC(=O)N1CCN(S(=O)(=O)c2ccccc2)CC1. The average molecular weight is 375 g/mol. The number of rotatable bonds is 4. The van der Waals surface area contributed by atoms with Crippen molar-refractivity contribution >= 4 is 22.0 Å². The van der Waals surface area contributed by atoms with Gasteiger partial charge in [-0.15, -0.1) is 0 Å². The van der Waals surface area contributed by atoms with Crippen molar-refractivity contribution in [2.45, 2.75) is 18.7 Å². The summed E-state index contributed by atoms with van der Waals surface area (Å²) in [5.74, 6) is 0.507. The minimum absolute atomic E-state index is 0.151. The lowest BCUT2D eigenvalue weighted by Crippen LogP contribution is -2.50. The average Bonchev–Trinajstić information content (AvgIpc) is 2.98. The van der Waals surface area contributed by atoms with Gasteiger partial charge in [-0.25, -0.2) is 8.42 Å². The van der Waals surface area contributed by atoms with Crippen LogP contribution in [-0.4, -0.2) is 54.9 Å². The standard InChI is InChI=1S/C18H21N3O4S/c1-14-17(15(2)25-19-14)8-9-18(22)20-10-12-21(13-11-20)26(23,24)16-6-4-3-5-7-16/h3-9H,10-13H2,1-2H3. The summed E-state index contributed by atoms with van der Waals surface area (Å²) in [7, 11) is -3.51. The van der Waals surface area contributed by atoms with Crippen LogP contribution in [0.3, 0.4) is 0 Å². The molecule has 1 aliphatic heterocycles. The molecule has 26 heavy (non-hydrogen) atoms. The van der Waals surface area contributed by atoms with E-state index < -0.39 is 10.0 Å². The maximum atomic E-state index is 12.6. The van der Waals surface area contributed by atoms with Crippen LogP contribution in [0.4, 0.5) is 0 Å². The first-order valence-corrected chi connectivity index (χ1v) is 9.78. The van der Waals surface area contributed by atoms with E-state index in [2.05, 4.69) is 5.16 Å². The summed E-state index contributed by atoms with van der Waals surface area (Å²) >= 11 is 0. The van der Waals surface area contributed by atoms with Crippen LogP contribution in [0.5, 0.6) is 0 Å². The first kappa shape index (κ1) is 18.3. The van der Waals surface area contributed by atoms with Gasteiger partial charge in [-0.05, 0) is 32.1 Å². The smallest absolute Gasteiger partial charge is 0.246 e. The van der Waals surface area contributed by atoms with Crippen molar-refractivity contribution in [3.05, 3.63) is 53.4 Å². The molecule has 0 saturated carbocycles. The number of benzene rings is 1. The number of amides is 1. The van der Waals surface area contributed by atoms with Crippen molar-refractivity contribution in [3.63, 3.8) is 0 Å². The van der Waals surface area contributed by atoms with Gasteiger partial charge in [-0.1, -0.05) is 23.4 Å². The molecule has 0 unspecified atom stereocenters. The van der Waals surface area contributed by atoms with Crippen LogP contribution in [0.1, 0.15) is 17.0 Å². The molecule has 1 aromatic carbocycles. The van der Waals surface area contributed by atoms with Crippen molar-refractivity contribution in [3.8, 4) is 0 Å². The fraction of sp³-hybridized carbons (Fsp3) is 0.333. The van der Waals surface area contributed by atoms with Gasteiger partial charge in [0.15, 0.2) is 0 Å². The van der Waals surface area contributed by atoms with E-state index in [1.165, 1.54) is 10.4 Å². The van der Waals surface area contributed by atoms with Crippen molar-refractivity contribution < 1.29 is 17.7 Å². The van der Waals surface area contributed by atoms with Crippen LogP contribution in [0.2, 0.25) is 0 Å². The third-order valence-electron chi connectivity index (χ3n) is 4.41. The van der Waals surface area contributed by atoms with Gasteiger partial charge in [0.05, 0.1) is 10.6 Å². The van der Waals surface area contributed by atoms with E-state index in [4.69, 9.17) is 4.52 Å². The van der Waals surface area contributed by atoms with Crippen LogP contribution < -0.4 is 0 Å². The van der Waals surface area contributed by atoms with E-state index in [1.54, 1.807) is 48.2 Å². The van der Waals surface area contributed by atoms with Gasteiger partial charge in [0.2, 0.25) is 15.9 Å². The van der Waals surface area contributed by atoms with Crippen LogP contribution in [0.25, 0.3) is 6.08 Å². The molecular weight excluding hydrogens is 354 g/mol. The largest absolute Gasteiger partial charge is 0.361 e. The van der Waals surface area contributed by atoms with E-state index in [9.17, 15) is 13.2 Å². The Bertz CT molecular complexity index is 892. The van der Waals surface area contributed by atoms with Gasteiger partial charge < -0.3 is 9.42 Å². The molecule has 0 spiro atoms. The van der Waals surface area contributed by atoms with Crippen molar-refractivity contribution in [2.24, 2.45) is 0 Å². The number of sulfonamides is 1. The summed E-state index contributed by atoms with van der Waals surface area (Å²) in [6, 6.07) is 8.34. The first-order chi connectivity index (χ1) is 12.4. The fourth-order valence-corrected chi connectivity index (χ4v) is 4.32. The normalized spacial score (nSPS) is 16.3. The van der Waals surface area contributed by atoms with E-state index in [0.717, 1.165) is 11.3 Å². The van der Waals surface area contributed by atoms with E-state index in [-0.39, 0.29) is 23.9 Å². The summed E-state index contributed by atoms with van der Waals surface area (Å²) in [4.78, 5) is 14.3. The highest BCUT2D eigenvalue weighted by Crippen LogP contribution is 2.18. The Morgan fingerprint density at radius 3 is 2.35 bits per heavy atom. The molecule has 0 N–H and O–H groups in total. The lowest BCUT2D eigenvalue weighted by atomic mass is 10.2. The van der Waals surface area contributed by atoms with Gasteiger partial charge in [0, 0.05) is 37.8 Å². The van der Waals surface area contributed by atoms with Gasteiger partial charge in [0.1, 0.15) is 5.76 Å². The summed E-state index contributed by atoms with van der Waals surface area (Å²) in [6.07, 6.45) is 3.17. The zero-order chi connectivity index (χ0) is 18.7. The highest BCUT2D eigenvalue weighted by atomic mass is 32.2. The number of carbonyl (C=O) groups is 1. The number of aromatic nitrogens is 1. The molecule has 0 radical (unpaired) electrons. The molecule has 0 aliphatic carbocycles. The van der Waals surface area contributed by atoms with Gasteiger partial charge in [0.25, 0.3) is 0 Å². The van der Waals surface area contributed by atoms with E-state index in [0.29, 0.717) is 18.8 Å². The first-order valence-electron chi connectivity index (χ1n) is 8.34. The predicted molar refractivity (Wildman–Crippen MR) is 96.8 cm³/mol. The number of piperazine rings is 1. The molecule has 3 rings (SSSR count). The Morgan fingerprint density at radius 1 is 1.12 bits per heavy atom. The maximum absolute atomic E-state index is 12.6. The highest BCUT2D eigenvalue weighted by Gasteiger charge is 2.29. The van der Waals surface area contributed by atoms with E-state index in [1.807, 2.05) is 6.92 Å². The number of hydrogen-bond acceptors (Lipinski definition) is 5. The van der Waals surface area contributed by atoms with Gasteiger partial charge in [-0.2, -0.15) is 4.31 Å². The topological polar surface area (TPSA) is 83.7 Å². The number of aryl methyl sites for hydroxylation is 2. The molecule has 2 aromatic rings. The molecule has 0 atom stereocenters. The van der Waals surface area contributed by atoms with Crippen molar-refractivity contribution in [1.82, 2.24) is 14.4 Å². The minimum Gasteiger partial charge on any atom is -0.361 e. The zero-order valence-electron chi connectivity index (χ0n) is 14.8. The van der Waals surface area contributed by atoms with E-state index >= 15 is 0 Å². The van der Waals surface area contributed by atoms with Crippen LogP contribution >= 0.6 is 0 Å². The lowest BCUT2D eigenvalue weighted by molar-refractivity contribution is -0.127. The Labute approximate surface area is 152 Å². The molecular formula is C18H21N3O4S. The fourth-order valence-electron chi connectivity index (χ4n) is 2.88. The molecule has 1 fully saturated rings. The molecule has 1 aliphatic rings. The number of nitrogens with zero attached hydrogens (tertiary/aromatic N) is 3. The van der Waals surface area contributed by atoms with Crippen LogP contribution in [0, 0.1) is 13.8 Å². The Morgan fingerprint density at radius 2 is 1.77 bits per heavy atom. The lowest BCUT2D eigenvalue weighted by Gasteiger charge is -2.33. The molecule has 0 bridgehead atoms. The van der Waals surface area contributed by atoms with Crippen molar-refractivity contribution in [2.75, 3.05) is 26.2 Å². The Kier molecular flexibility index (Phi) is 5.24. The van der Waals surface area contributed by atoms with Gasteiger partial charge >= 0.3 is 0 Å². The molecule has 1 amide bonds. The maximum Gasteiger partial charge on any atom is 0.246 e. The summed E-state index contributed by atoms with van der Waals surface area (Å²) < 4.78 is 31.7. The third kappa shape index (κ3) is 3.71.